The smallest absolute Gasteiger partial charge is 0.408 e. The van der Waals surface area contributed by atoms with E-state index >= 15 is 0 Å². The lowest BCUT2D eigenvalue weighted by atomic mass is 10.1. The second-order valence-corrected chi connectivity index (χ2v) is 8.84. The molecule has 2 aromatic heterocycles. The van der Waals surface area contributed by atoms with Gasteiger partial charge in [0.1, 0.15) is 11.6 Å². The van der Waals surface area contributed by atoms with Crippen LogP contribution in [0, 0.1) is 0 Å². The molecule has 176 valence electrons. The number of nitrogens with one attached hydrogen (secondary N) is 2. The van der Waals surface area contributed by atoms with Crippen LogP contribution in [-0.2, 0) is 28.9 Å². The fraction of sp³-hybridized carbons (Fsp3) is 0.269. The fourth-order valence-electron chi connectivity index (χ4n) is 3.75. The first-order valence-corrected chi connectivity index (χ1v) is 12.1. The van der Waals surface area contributed by atoms with Gasteiger partial charge in [-0.05, 0) is 30.5 Å². The van der Waals surface area contributed by atoms with Crippen LogP contribution in [0.25, 0.3) is 10.9 Å². The number of benzene rings is 2. The van der Waals surface area contributed by atoms with Crippen LogP contribution >= 0.6 is 11.3 Å². The molecule has 0 spiro atoms. The average Bonchev–Trinajstić information content (AvgIpc) is 3.48. The quantitative estimate of drug-likeness (QED) is 0.307. The third kappa shape index (κ3) is 5.46. The summed E-state index contributed by atoms with van der Waals surface area (Å²) in [6.45, 7) is 4.17. The van der Waals surface area contributed by atoms with Gasteiger partial charge in [-0.1, -0.05) is 55.5 Å². The van der Waals surface area contributed by atoms with E-state index in [0.29, 0.717) is 23.5 Å². The van der Waals surface area contributed by atoms with Crippen molar-refractivity contribution in [3.8, 4) is 0 Å². The molecule has 2 N–H and O–H groups in total. The number of H-pyrrole nitrogens is 1. The van der Waals surface area contributed by atoms with Crippen LogP contribution in [0.1, 0.15) is 51.4 Å². The summed E-state index contributed by atoms with van der Waals surface area (Å²) in [7, 11) is 0. The highest BCUT2D eigenvalue weighted by atomic mass is 32.1. The molecule has 8 heteroatoms. The third-order valence-corrected chi connectivity index (χ3v) is 6.72. The number of ether oxygens (including phenoxy) is 2. The number of hydrogen-bond donors (Lipinski definition) is 2. The van der Waals surface area contributed by atoms with E-state index < -0.39 is 18.1 Å². The Labute approximate surface area is 202 Å². The van der Waals surface area contributed by atoms with Crippen LogP contribution in [0.15, 0.2) is 60.8 Å². The van der Waals surface area contributed by atoms with Crippen LogP contribution in [0.5, 0.6) is 0 Å². The number of hydrogen-bond acceptors (Lipinski definition) is 6. The highest BCUT2D eigenvalue weighted by Crippen LogP contribution is 2.30. The first-order valence-electron chi connectivity index (χ1n) is 11.3. The lowest BCUT2D eigenvalue weighted by Crippen LogP contribution is -2.30. The number of thiazole rings is 1. The number of rotatable bonds is 9. The van der Waals surface area contributed by atoms with E-state index in [4.69, 9.17) is 9.47 Å². The van der Waals surface area contributed by atoms with Gasteiger partial charge in [0.15, 0.2) is 5.69 Å². The Balaban J connectivity index is 1.59. The average molecular weight is 478 g/mol. The number of aryl methyl sites for hydroxylation is 1. The molecule has 0 aliphatic rings. The van der Waals surface area contributed by atoms with Gasteiger partial charge in [-0.2, -0.15) is 0 Å². The van der Waals surface area contributed by atoms with Gasteiger partial charge < -0.3 is 19.8 Å². The Morgan fingerprint density at radius 3 is 2.59 bits per heavy atom. The zero-order valence-corrected chi connectivity index (χ0v) is 20.0. The highest BCUT2D eigenvalue weighted by Gasteiger charge is 2.26. The van der Waals surface area contributed by atoms with E-state index in [1.807, 2.05) is 67.7 Å². The number of aromatic amines is 1. The standard InChI is InChI=1S/C26H27N3O4S/c1-3-22-23(25(30)32-4-2)29-24(34-22)21(14-18-15-27-20-13-9-8-12-19(18)20)28-26(31)33-16-17-10-6-5-7-11-17/h5-13,15,21,27H,3-4,14,16H2,1-2H3,(H,28,31)/t21-/m1/s1. The summed E-state index contributed by atoms with van der Waals surface area (Å²) in [6.07, 6.45) is 2.53. The summed E-state index contributed by atoms with van der Waals surface area (Å²) in [5.74, 6) is -0.445. The number of aromatic nitrogens is 2. The van der Waals surface area contributed by atoms with E-state index in [1.54, 1.807) is 6.92 Å². The molecule has 7 nitrogen and oxygen atoms in total. The molecule has 0 aliphatic heterocycles. The van der Waals surface area contributed by atoms with Gasteiger partial charge in [-0.25, -0.2) is 14.6 Å². The summed E-state index contributed by atoms with van der Waals surface area (Å²) in [6, 6.07) is 17.0. The number of carbonyl (C=O) groups excluding carboxylic acids is 2. The molecule has 0 fully saturated rings. The second kappa shape index (κ2) is 11.0. The minimum Gasteiger partial charge on any atom is -0.461 e. The topological polar surface area (TPSA) is 93.3 Å². The number of fused-ring (bicyclic) bond motifs is 1. The molecule has 4 rings (SSSR count). The number of esters is 1. The summed E-state index contributed by atoms with van der Waals surface area (Å²) in [5, 5.41) is 4.68. The van der Waals surface area contributed by atoms with Crippen molar-refractivity contribution in [3.63, 3.8) is 0 Å². The van der Waals surface area contributed by atoms with Gasteiger partial charge in [-0.15, -0.1) is 11.3 Å². The molecule has 4 aromatic rings. The van der Waals surface area contributed by atoms with E-state index in [1.165, 1.54) is 11.3 Å². The third-order valence-electron chi connectivity index (χ3n) is 5.41. The van der Waals surface area contributed by atoms with Crippen molar-refractivity contribution in [1.29, 1.82) is 0 Å². The Hall–Kier alpha value is -3.65. The van der Waals surface area contributed by atoms with Crippen molar-refractivity contribution in [2.45, 2.75) is 39.3 Å². The van der Waals surface area contributed by atoms with Crippen molar-refractivity contribution in [1.82, 2.24) is 15.3 Å². The van der Waals surface area contributed by atoms with Gasteiger partial charge in [-0.3, -0.25) is 0 Å². The molecule has 0 bridgehead atoms. The van der Waals surface area contributed by atoms with Crippen LogP contribution in [0.4, 0.5) is 4.79 Å². The minimum atomic E-state index is -0.542. The molecule has 1 amide bonds. The van der Waals surface area contributed by atoms with Gasteiger partial charge in [0.25, 0.3) is 0 Å². The Morgan fingerprint density at radius 2 is 1.82 bits per heavy atom. The van der Waals surface area contributed by atoms with Gasteiger partial charge in [0, 0.05) is 28.4 Å². The Morgan fingerprint density at radius 1 is 1.06 bits per heavy atom. The summed E-state index contributed by atoms with van der Waals surface area (Å²) in [4.78, 5) is 33.9. The van der Waals surface area contributed by atoms with Crippen molar-refractivity contribution >= 4 is 34.3 Å². The summed E-state index contributed by atoms with van der Waals surface area (Å²) >= 11 is 1.41. The molecular weight excluding hydrogens is 450 g/mol. The lowest BCUT2D eigenvalue weighted by molar-refractivity contribution is 0.0519. The van der Waals surface area contributed by atoms with Gasteiger partial charge >= 0.3 is 12.1 Å². The lowest BCUT2D eigenvalue weighted by Gasteiger charge is -2.16. The maximum absolute atomic E-state index is 12.7. The fourth-order valence-corrected chi connectivity index (χ4v) is 4.79. The largest absolute Gasteiger partial charge is 0.461 e. The van der Waals surface area contributed by atoms with Crippen molar-refractivity contribution < 1.29 is 19.1 Å². The summed E-state index contributed by atoms with van der Waals surface area (Å²) < 4.78 is 10.6. The number of amides is 1. The van der Waals surface area contributed by atoms with Crippen molar-refractivity contribution in [2.75, 3.05) is 6.61 Å². The van der Waals surface area contributed by atoms with Crippen molar-refractivity contribution in [2.24, 2.45) is 0 Å². The van der Waals surface area contributed by atoms with Gasteiger partial charge in [0.2, 0.25) is 0 Å². The maximum Gasteiger partial charge on any atom is 0.408 e. The number of alkyl carbamates (subject to hydrolysis) is 1. The normalized spacial score (nSPS) is 11.8. The maximum atomic E-state index is 12.7. The van der Waals surface area contributed by atoms with Crippen molar-refractivity contribution in [3.05, 3.63) is 87.5 Å². The van der Waals surface area contributed by atoms with Crippen LogP contribution in [0.2, 0.25) is 0 Å². The van der Waals surface area contributed by atoms with Gasteiger partial charge in [0.05, 0.1) is 12.6 Å². The van der Waals surface area contributed by atoms with Crippen LogP contribution < -0.4 is 5.32 Å². The van der Waals surface area contributed by atoms with Crippen LogP contribution in [0.3, 0.4) is 0 Å². The molecule has 34 heavy (non-hydrogen) atoms. The SMILES string of the molecule is CCOC(=O)c1nc([C@@H](Cc2c[nH]c3ccccc23)NC(=O)OCc2ccccc2)sc1CC. The van der Waals surface area contributed by atoms with E-state index in [2.05, 4.69) is 15.3 Å². The Bertz CT molecular complexity index is 1270. The molecule has 0 radical (unpaired) electrons. The number of para-hydroxylation sites is 1. The predicted molar refractivity (Wildman–Crippen MR) is 132 cm³/mol. The second-order valence-electron chi connectivity index (χ2n) is 7.72. The molecule has 0 aliphatic carbocycles. The predicted octanol–water partition coefficient (Wildman–Crippen LogP) is 5.57. The molecular formula is C26H27N3O4S. The minimum absolute atomic E-state index is 0.165. The monoisotopic (exact) mass is 477 g/mol. The number of carbonyl (C=O) groups is 2. The molecule has 1 atom stereocenters. The number of nitrogens with zero attached hydrogens (tertiary/aromatic N) is 1. The molecule has 0 unspecified atom stereocenters. The van der Waals surface area contributed by atoms with E-state index in [0.717, 1.165) is 26.9 Å². The van der Waals surface area contributed by atoms with E-state index in [-0.39, 0.29) is 13.2 Å². The zero-order valence-electron chi connectivity index (χ0n) is 19.2. The molecule has 2 aromatic carbocycles. The first-order chi connectivity index (χ1) is 16.6. The van der Waals surface area contributed by atoms with Crippen LogP contribution in [-0.4, -0.2) is 28.6 Å². The summed E-state index contributed by atoms with van der Waals surface area (Å²) in [5.41, 5.74) is 3.27. The van der Waals surface area contributed by atoms with E-state index in [9.17, 15) is 9.59 Å². The Kier molecular flexibility index (Phi) is 7.59. The molecule has 0 saturated carbocycles. The first kappa shape index (κ1) is 23.5. The molecule has 0 saturated heterocycles. The zero-order chi connectivity index (χ0) is 23.9. The molecule has 2 heterocycles. The highest BCUT2D eigenvalue weighted by molar-refractivity contribution is 7.12.